The maximum atomic E-state index is 13.5. The molecule has 210 valence electrons. The number of aromatic amines is 1. The molecule has 8 N–H and O–H groups in total. The van der Waals surface area contributed by atoms with Gasteiger partial charge in [-0.15, -0.1) is 0 Å². The Kier molecular flexibility index (Phi) is 9.60. The van der Waals surface area contributed by atoms with Crippen molar-refractivity contribution in [3.63, 3.8) is 0 Å². The summed E-state index contributed by atoms with van der Waals surface area (Å²) in [6.45, 7) is 0.170. The van der Waals surface area contributed by atoms with Crippen molar-refractivity contribution in [2.75, 3.05) is 6.54 Å². The number of para-hydroxylation sites is 1. The Morgan fingerprint density at radius 2 is 1.69 bits per heavy atom. The Morgan fingerprint density at radius 3 is 2.36 bits per heavy atom. The molecule has 0 aliphatic carbocycles. The number of likely N-dealkylation sites (tertiary alicyclic amines) is 1. The number of benzene rings is 1. The van der Waals surface area contributed by atoms with Gasteiger partial charge in [0.1, 0.15) is 18.1 Å². The zero-order valence-corrected chi connectivity index (χ0v) is 21.0. The number of H-pyrrole nitrogens is 1. The van der Waals surface area contributed by atoms with Crippen molar-refractivity contribution in [3.05, 3.63) is 36.0 Å². The minimum Gasteiger partial charge on any atom is -0.481 e. The van der Waals surface area contributed by atoms with Gasteiger partial charge in [0, 0.05) is 36.5 Å². The second-order valence-electron chi connectivity index (χ2n) is 9.35. The summed E-state index contributed by atoms with van der Waals surface area (Å²) in [5, 5.41) is 33.2. The molecule has 3 rings (SSSR count). The number of fused-ring (bicyclic) bond motifs is 1. The minimum atomic E-state index is -1.63. The van der Waals surface area contributed by atoms with Gasteiger partial charge >= 0.3 is 17.9 Å². The van der Waals surface area contributed by atoms with Gasteiger partial charge in [0.25, 0.3) is 0 Å². The minimum absolute atomic E-state index is 0.0384. The van der Waals surface area contributed by atoms with Crippen molar-refractivity contribution in [2.45, 2.75) is 62.7 Å². The van der Waals surface area contributed by atoms with E-state index in [9.17, 15) is 39.0 Å². The quantitative estimate of drug-likeness (QED) is 0.169. The van der Waals surface area contributed by atoms with Crippen LogP contribution in [0.25, 0.3) is 10.9 Å². The summed E-state index contributed by atoms with van der Waals surface area (Å²) in [5.74, 6) is -6.34. The highest BCUT2D eigenvalue weighted by Crippen LogP contribution is 2.23. The molecular weight excluding hydrogens is 514 g/mol. The molecule has 3 amide bonds. The zero-order chi connectivity index (χ0) is 28.7. The molecule has 1 fully saturated rings. The van der Waals surface area contributed by atoms with Crippen molar-refractivity contribution in [2.24, 2.45) is 5.73 Å². The lowest BCUT2D eigenvalue weighted by atomic mass is 10.0. The van der Waals surface area contributed by atoms with E-state index < -0.39 is 72.6 Å². The summed E-state index contributed by atoms with van der Waals surface area (Å²) < 4.78 is 0. The summed E-state index contributed by atoms with van der Waals surface area (Å²) in [7, 11) is 0. The molecule has 4 unspecified atom stereocenters. The maximum absolute atomic E-state index is 13.5. The number of carboxylic acids is 3. The van der Waals surface area contributed by atoms with E-state index in [0.717, 1.165) is 10.9 Å². The molecule has 1 aliphatic heterocycles. The standard InChI is InChI=1S/C25H31N5O9/c26-15(7-8-20(31)32)22(35)28-17(11-21(33)34)23(36)29-18(24(37)30-9-3-6-19(30)25(38)39)10-13-12-27-16-5-2-1-4-14(13)16/h1-2,4-5,12,15,17-19,27H,3,6-11,26H2,(H,28,35)(H,29,36)(H,31,32)(H,33,34)(H,38,39). The highest BCUT2D eigenvalue weighted by atomic mass is 16.4. The predicted molar refractivity (Wildman–Crippen MR) is 135 cm³/mol. The lowest BCUT2D eigenvalue weighted by molar-refractivity contribution is -0.149. The first-order valence-corrected chi connectivity index (χ1v) is 12.4. The number of aromatic nitrogens is 1. The smallest absolute Gasteiger partial charge is 0.326 e. The van der Waals surface area contributed by atoms with Crippen LogP contribution in [0.3, 0.4) is 0 Å². The number of carboxylic acid groups (broad SMARTS) is 3. The molecule has 0 bridgehead atoms. The molecule has 0 radical (unpaired) electrons. The van der Waals surface area contributed by atoms with Crippen LogP contribution in [0.4, 0.5) is 0 Å². The van der Waals surface area contributed by atoms with Gasteiger partial charge in [-0.1, -0.05) is 18.2 Å². The van der Waals surface area contributed by atoms with Crippen molar-refractivity contribution in [3.8, 4) is 0 Å². The molecule has 1 saturated heterocycles. The number of carbonyl (C=O) groups is 6. The molecule has 4 atom stereocenters. The van der Waals surface area contributed by atoms with Gasteiger partial charge in [-0.2, -0.15) is 0 Å². The third kappa shape index (κ3) is 7.54. The molecule has 2 heterocycles. The van der Waals surface area contributed by atoms with Gasteiger partial charge in [0.15, 0.2) is 0 Å². The Bertz CT molecular complexity index is 1260. The van der Waals surface area contributed by atoms with E-state index in [2.05, 4.69) is 15.6 Å². The Hall–Kier alpha value is -4.46. The van der Waals surface area contributed by atoms with Crippen LogP contribution in [0.2, 0.25) is 0 Å². The molecular formula is C25H31N5O9. The van der Waals surface area contributed by atoms with E-state index in [-0.39, 0.29) is 25.8 Å². The van der Waals surface area contributed by atoms with Crippen molar-refractivity contribution < 1.29 is 44.1 Å². The normalized spacial score (nSPS) is 17.3. The van der Waals surface area contributed by atoms with Gasteiger partial charge in [0.2, 0.25) is 17.7 Å². The second kappa shape index (κ2) is 12.9. The van der Waals surface area contributed by atoms with E-state index in [1.54, 1.807) is 12.3 Å². The lowest BCUT2D eigenvalue weighted by Crippen LogP contribution is -2.58. The SMILES string of the molecule is NC(CCC(=O)O)C(=O)NC(CC(=O)O)C(=O)NC(Cc1c[nH]c2ccccc12)C(=O)N1CCCC1C(=O)O. The van der Waals surface area contributed by atoms with Crippen molar-refractivity contribution in [1.82, 2.24) is 20.5 Å². The summed E-state index contributed by atoms with van der Waals surface area (Å²) in [6.07, 6.45) is 0.848. The van der Waals surface area contributed by atoms with Crippen LogP contribution in [0.5, 0.6) is 0 Å². The van der Waals surface area contributed by atoms with Gasteiger partial charge in [0.05, 0.1) is 12.5 Å². The maximum Gasteiger partial charge on any atom is 0.326 e. The van der Waals surface area contributed by atoms with Gasteiger partial charge in [-0.25, -0.2) is 4.79 Å². The molecule has 1 aromatic heterocycles. The number of hydrogen-bond donors (Lipinski definition) is 7. The van der Waals surface area contributed by atoms with E-state index >= 15 is 0 Å². The largest absolute Gasteiger partial charge is 0.481 e. The van der Waals surface area contributed by atoms with Crippen LogP contribution in [0.15, 0.2) is 30.5 Å². The molecule has 14 heteroatoms. The van der Waals surface area contributed by atoms with Crippen LogP contribution >= 0.6 is 0 Å². The third-order valence-electron chi connectivity index (χ3n) is 6.55. The van der Waals surface area contributed by atoms with Crippen molar-refractivity contribution >= 4 is 46.5 Å². The number of carbonyl (C=O) groups excluding carboxylic acids is 3. The Labute approximate surface area is 222 Å². The predicted octanol–water partition coefficient (Wildman–Crippen LogP) is -0.578. The lowest BCUT2D eigenvalue weighted by Gasteiger charge is -2.28. The van der Waals surface area contributed by atoms with E-state index in [4.69, 9.17) is 10.8 Å². The molecule has 39 heavy (non-hydrogen) atoms. The number of nitrogens with two attached hydrogens (primary N) is 1. The van der Waals surface area contributed by atoms with E-state index in [0.29, 0.717) is 12.0 Å². The highest BCUT2D eigenvalue weighted by Gasteiger charge is 2.39. The zero-order valence-electron chi connectivity index (χ0n) is 21.0. The first-order valence-electron chi connectivity index (χ1n) is 12.4. The Balaban J connectivity index is 1.85. The van der Waals surface area contributed by atoms with Gasteiger partial charge in [-0.05, 0) is 30.9 Å². The topological polar surface area (TPSA) is 232 Å². The van der Waals surface area contributed by atoms with Crippen molar-refractivity contribution in [1.29, 1.82) is 0 Å². The first-order chi connectivity index (χ1) is 18.5. The first kappa shape index (κ1) is 29.1. The monoisotopic (exact) mass is 545 g/mol. The number of nitrogens with one attached hydrogen (secondary N) is 3. The van der Waals surface area contributed by atoms with Crippen LogP contribution < -0.4 is 16.4 Å². The third-order valence-corrected chi connectivity index (χ3v) is 6.55. The summed E-state index contributed by atoms with van der Waals surface area (Å²) >= 11 is 0. The average Bonchev–Trinajstić information content (AvgIpc) is 3.53. The van der Waals surface area contributed by atoms with Crippen LogP contribution in [0.1, 0.15) is 37.7 Å². The fraction of sp³-hybridized carbons (Fsp3) is 0.440. The van der Waals surface area contributed by atoms with E-state index in [1.807, 2.05) is 18.2 Å². The molecule has 1 aliphatic rings. The number of aliphatic carboxylic acids is 3. The highest BCUT2D eigenvalue weighted by molar-refractivity contribution is 5.96. The van der Waals surface area contributed by atoms with Crippen LogP contribution in [-0.4, -0.2) is 91.5 Å². The fourth-order valence-corrected chi connectivity index (χ4v) is 4.55. The second-order valence-corrected chi connectivity index (χ2v) is 9.35. The number of rotatable bonds is 13. The summed E-state index contributed by atoms with van der Waals surface area (Å²) in [6, 6.07) is 1.96. The molecule has 1 aromatic carbocycles. The van der Waals surface area contributed by atoms with Crippen LogP contribution in [0, 0.1) is 0 Å². The number of nitrogens with zero attached hydrogens (tertiary/aromatic N) is 1. The summed E-state index contributed by atoms with van der Waals surface area (Å²) in [4.78, 5) is 77.4. The van der Waals surface area contributed by atoms with Crippen LogP contribution in [-0.2, 0) is 35.2 Å². The Morgan fingerprint density at radius 1 is 1.00 bits per heavy atom. The number of hydrogen-bond acceptors (Lipinski definition) is 7. The van der Waals surface area contributed by atoms with Gasteiger partial charge < -0.3 is 41.6 Å². The molecule has 2 aromatic rings. The number of amides is 3. The fourth-order valence-electron chi connectivity index (χ4n) is 4.55. The summed E-state index contributed by atoms with van der Waals surface area (Å²) in [5.41, 5.74) is 7.13. The molecule has 0 saturated carbocycles. The van der Waals surface area contributed by atoms with E-state index in [1.165, 1.54) is 4.90 Å². The van der Waals surface area contributed by atoms with Gasteiger partial charge in [-0.3, -0.25) is 24.0 Å². The molecule has 0 spiro atoms. The average molecular weight is 546 g/mol. The molecule has 14 nitrogen and oxygen atoms in total.